The Bertz CT molecular complexity index is 879. The lowest BCUT2D eigenvalue weighted by Gasteiger charge is -2.22. The molecule has 0 atom stereocenters. The van der Waals surface area contributed by atoms with Gasteiger partial charge in [-0.3, -0.25) is 10.1 Å². The molecule has 1 fully saturated rings. The van der Waals surface area contributed by atoms with E-state index in [1.54, 1.807) is 24.3 Å². The molecule has 0 saturated heterocycles. The Balaban J connectivity index is 1.74. The van der Waals surface area contributed by atoms with E-state index in [0.29, 0.717) is 17.9 Å². The molecule has 1 aromatic carbocycles. The lowest BCUT2D eigenvalue weighted by atomic mass is 9.98. The Morgan fingerprint density at radius 3 is 2.53 bits per heavy atom. The minimum atomic E-state index is -0.544. The molecule has 0 unspecified atom stereocenters. The van der Waals surface area contributed by atoms with Crippen LogP contribution in [0, 0.1) is 16.0 Å². The van der Waals surface area contributed by atoms with Crippen LogP contribution in [0.2, 0.25) is 0 Å². The summed E-state index contributed by atoms with van der Waals surface area (Å²) in [6, 6.07) is 6.47. The number of carbonyl (C=O) groups is 1. The molecule has 1 aliphatic carbocycles. The van der Waals surface area contributed by atoms with E-state index in [-0.39, 0.29) is 29.4 Å². The van der Waals surface area contributed by atoms with E-state index in [9.17, 15) is 14.9 Å². The third-order valence-electron chi connectivity index (χ3n) is 4.73. The lowest BCUT2D eigenvalue weighted by molar-refractivity contribution is -0.385. The van der Waals surface area contributed by atoms with Gasteiger partial charge in [0.15, 0.2) is 0 Å². The Morgan fingerprint density at radius 1 is 1.20 bits per heavy atom. The number of nitrogens with one attached hydrogen (secondary N) is 1. The first kappa shape index (κ1) is 21.5. The van der Waals surface area contributed by atoms with Crippen LogP contribution in [-0.4, -0.2) is 33.6 Å². The highest BCUT2D eigenvalue weighted by Gasteiger charge is 2.27. The van der Waals surface area contributed by atoms with Gasteiger partial charge in [0.1, 0.15) is 12.4 Å². The van der Waals surface area contributed by atoms with Crippen molar-refractivity contribution in [3.05, 3.63) is 46.3 Å². The molecule has 1 heterocycles. The number of nitrogens with zero attached hydrogens (tertiary/aromatic N) is 3. The molecule has 2 aromatic rings. The number of rotatable bonds is 8. The predicted molar refractivity (Wildman–Crippen MR) is 111 cm³/mol. The van der Waals surface area contributed by atoms with Crippen molar-refractivity contribution in [1.82, 2.24) is 9.97 Å². The molecule has 0 amide bonds. The van der Waals surface area contributed by atoms with Crippen LogP contribution < -0.4 is 10.1 Å². The highest BCUT2D eigenvalue weighted by Crippen LogP contribution is 2.35. The van der Waals surface area contributed by atoms with E-state index >= 15 is 0 Å². The van der Waals surface area contributed by atoms with Gasteiger partial charge < -0.3 is 14.8 Å². The number of hydrogen-bond donors (Lipinski definition) is 1. The Kier molecular flexibility index (Phi) is 7.16. The summed E-state index contributed by atoms with van der Waals surface area (Å²) in [5, 5.41) is 14.6. The lowest BCUT2D eigenvalue weighted by Crippen LogP contribution is -2.21. The van der Waals surface area contributed by atoms with Gasteiger partial charge in [-0.25, -0.2) is 9.78 Å². The van der Waals surface area contributed by atoms with Gasteiger partial charge in [0, 0.05) is 5.69 Å². The van der Waals surface area contributed by atoms with E-state index in [1.807, 2.05) is 13.8 Å². The summed E-state index contributed by atoms with van der Waals surface area (Å²) in [7, 11) is 0. The standard InChI is InChI=1S/C21H26N4O5/c1-14(2)12-29-21(26)15-8-10-16(11-9-15)24-19-18(25(27)28)20(23-13-22-19)30-17-6-4-3-5-7-17/h8-11,13-14,17H,3-7,12H2,1-2H3,(H,22,23,24). The predicted octanol–water partition coefficient (Wildman–Crippen LogP) is 4.65. The molecule has 30 heavy (non-hydrogen) atoms. The van der Waals surface area contributed by atoms with Crippen LogP contribution in [0.1, 0.15) is 56.3 Å². The topological polar surface area (TPSA) is 116 Å². The molecule has 0 bridgehead atoms. The zero-order chi connectivity index (χ0) is 21.5. The molecule has 1 N–H and O–H groups in total. The van der Waals surface area contributed by atoms with Gasteiger partial charge in [-0.1, -0.05) is 20.3 Å². The normalized spacial score (nSPS) is 14.4. The number of aromatic nitrogens is 2. The zero-order valence-electron chi connectivity index (χ0n) is 17.2. The van der Waals surface area contributed by atoms with Gasteiger partial charge in [-0.2, -0.15) is 4.98 Å². The summed E-state index contributed by atoms with van der Waals surface area (Å²) in [4.78, 5) is 31.2. The fourth-order valence-corrected chi connectivity index (χ4v) is 3.20. The molecule has 160 valence electrons. The summed E-state index contributed by atoms with van der Waals surface area (Å²) >= 11 is 0. The van der Waals surface area contributed by atoms with Crippen molar-refractivity contribution in [2.24, 2.45) is 5.92 Å². The number of ether oxygens (including phenoxy) is 2. The molecular weight excluding hydrogens is 388 g/mol. The van der Waals surface area contributed by atoms with E-state index in [0.717, 1.165) is 32.1 Å². The van der Waals surface area contributed by atoms with Crippen LogP contribution in [0.15, 0.2) is 30.6 Å². The van der Waals surface area contributed by atoms with E-state index < -0.39 is 10.9 Å². The van der Waals surface area contributed by atoms with Crippen LogP contribution in [0.5, 0.6) is 5.88 Å². The van der Waals surface area contributed by atoms with Crippen molar-refractivity contribution in [1.29, 1.82) is 0 Å². The molecule has 0 radical (unpaired) electrons. The summed E-state index contributed by atoms with van der Waals surface area (Å²) in [5.74, 6) is -0.154. The van der Waals surface area contributed by atoms with Crippen molar-refractivity contribution in [2.45, 2.75) is 52.1 Å². The van der Waals surface area contributed by atoms with E-state index in [2.05, 4.69) is 15.3 Å². The SMILES string of the molecule is CC(C)COC(=O)c1ccc(Nc2ncnc(OC3CCCCC3)c2[N+](=O)[O-])cc1. The molecule has 1 aliphatic rings. The first-order valence-electron chi connectivity index (χ1n) is 10.1. The Labute approximate surface area is 175 Å². The largest absolute Gasteiger partial charge is 0.469 e. The van der Waals surface area contributed by atoms with Crippen molar-refractivity contribution in [3.8, 4) is 5.88 Å². The monoisotopic (exact) mass is 414 g/mol. The Morgan fingerprint density at radius 2 is 1.90 bits per heavy atom. The summed E-state index contributed by atoms with van der Waals surface area (Å²) in [6.07, 6.45) is 6.12. The first-order valence-corrected chi connectivity index (χ1v) is 10.1. The minimum Gasteiger partial charge on any atom is -0.469 e. The third-order valence-corrected chi connectivity index (χ3v) is 4.73. The smallest absolute Gasteiger partial charge is 0.373 e. The maximum Gasteiger partial charge on any atom is 0.373 e. The van der Waals surface area contributed by atoms with Gasteiger partial charge in [-0.05, 0) is 55.9 Å². The fraction of sp³-hybridized carbons (Fsp3) is 0.476. The maximum absolute atomic E-state index is 12.0. The van der Waals surface area contributed by atoms with Crippen molar-refractivity contribution in [3.63, 3.8) is 0 Å². The van der Waals surface area contributed by atoms with Crippen molar-refractivity contribution < 1.29 is 19.2 Å². The van der Waals surface area contributed by atoms with Crippen LogP contribution in [0.3, 0.4) is 0 Å². The average molecular weight is 414 g/mol. The molecular formula is C21H26N4O5. The zero-order valence-corrected chi connectivity index (χ0v) is 17.2. The highest BCUT2D eigenvalue weighted by molar-refractivity contribution is 5.90. The van der Waals surface area contributed by atoms with Gasteiger partial charge in [0.25, 0.3) is 5.88 Å². The number of nitro groups is 1. The summed E-state index contributed by atoms with van der Waals surface area (Å²) in [6.45, 7) is 4.26. The van der Waals surface area contributed by atoms with Crippen molar-refractivity contribution in [2.75, 3.05) is 11.9 Å². The van der Waals surface area contributed by atoms with Crippen LogP contribution >= 0.6 is 0 Å². The molecule has 9 nitrogen and oxygen atoms in total. The molecule has 1 aromatic heterocycles. The third kappa shape index (κ3) is 5.65. The quantitative estimate of drug-likeness (QED) is 0.377. The number of hydrogen-bond acceptors (Lipinski definition) is 8. The molecule has 3 rings (SSSR count). The molecule has 0 spiro atoms. The van der Waals surface area contributed by atoms with Crippen LogP contribution in [-0.2, 0) is 4.74 Å². The van der Waals surface area contributed by atoms with Gasteiger partial charge >= 0.3 is 11.7 Å². The molecule has 9 heteroatoms. The van der Waals surface area contributed by atoms with E-state index in [4.69, 9.17) is 9.47 Å². The summed E-state index contributed by atoms with van der Waals surface area (Å²) < 4.78 is 11.0. The molecule has 1 saturated carbocycles. The highest BCUT2D eigenvalue weighted by atomic mass is 16.6. The minimum absolute atomic E-state index is 0.0294. The van der Waals surface area contributed by atoms with Gasteiger partial charge in [0.2, 0.25) is 5.82 Å². The second-order valence-electron chi connectivity index (χ2n) is 7.71. The van der Waals surface area contributed by atoms with Gasteiger partial charge in [0.05, 0.1) is 17.1 Å². The van der Waals surface area contributed by atoms with Crippen LogP contribution in [0.4, 0.5) is 17.2 Å². The first-order chi connectivity index (χ1) is 14.4. The fourth-order valence-electron chi connectivity index (χ4n) is 3.20. The van der Waals surface area contributed by atoms with Crippen LogP contribution in [0.25, 0.3) is 0 Å². The van der Waals surface area contributed by atoms with E-state index in [1.165, 1.54) is 6.33 Å². The second-order valence-corrected chi connectivity index (χ2v) is 7.71. The number of benzene rings is 1. The second kappa shape index (κ2) is 10.00. The number of anilines is 2. The average Bonchev–Trinajstić information content (AvgIpc) is 2.73. The number of carbonyl (C=O) groups excluding carboxylic acids is 1. The Hall–Kier alpha value is -3.23. The van der Waals surface area contributed by atoms with Gasteiger partial charge in [-0.15, -0.1) is 0 Å². The number of esters is 1. The molecule has 0 aliphatic heterocycles. The maximum atomic E-state index is 12.0. The summed E-state index contributed by atoms with van der Waals surface area (Å²) in [5.41, 5.74) is 0.643. The van der Waals surface area contributed by atoms with Crippen molar-refractivity contribution >= 4 is 23.2 Å².